The number of hydrogen-bond acceptors (Lipinski definition) is 3. The highest BCUT2D eigenvalue weighted by Gasteiger charge is 2.32. The van der Waals surface area contributed by atoms with Crippen molar-refractivity contribution in [2.75, 3.05) is 5.73 Å². The molecular formula is C15H18F3NO2. The second kappa shape index (κ2) is 6.37. The molecule has 0 unspecified atom stereocenters. The van der Waals surface area contributed by atoms with Gasteiger partial charge in [0.15, 0.2) is 0 Å². The molecule has 1 saturated carbocycles. The maximum atomic E-state index is 12.7. The van der Waals surface area contributed by atoms with Crippen LogP contribution in [0.4, 0.5) is 18.9 Å². The van der Waals surface area contributed by atoms with Crippen molar-refractivity contribution in [2.24, 2.45) is 0 Å². The average Bonchev–Trinajstić information content (AvgIpc) is 2.65. The van der Waals surface area contributed by atoms with Gasteiger partial charge < -0.3 is 10.5 Å². The molecule has 3 nitrogen and oxygen atoms in total. The second-order valence-electron chi connectivity index (χ2n) is 5.36. The molecule has 0 heterocycles. The minimum atomic E-state index is -4.53. The van der Waals surface area contributed by atoms with E-state index in [1.54, 1.807) is 0 Å². The summed E-state index contributed by atoms with van der Waals surface area (Å²) in [5.74, 6) is -0.736. The molecule has 0 aliphatic heterocycles. The van der Waals surface area contributed by atoms with Gasteiger partial charge >= 0.3 is 12.1 Å². The van der Waals surface area contributed by atoms with Gasteiger partial charge in [-0.2, -0.15) is 13.2 Å². The van der Waals surface area contributed by atoms with E-state index in [9.17, 15) is 18.0 Å². The molecule has 6 heteroatoms. The highest BCUT2D eigenvalue weighted by atomic mass is 19.4. The number of ether oxygens (including phenoxy) is 1. The van der Waals surface area contributed by atoms with Crippen molar-refractivity contribution in [3.05, 3.63) is 29.3 Å². The van der Waals surface area contributed by atoms with Crippen LogP contribution in [0.3, 0.4) is 0 Å². The average molecular weight is 301 g/mol. The van der Waals surface area contributed by atoms with Crippen LogP contribution >= 0.6 is 0 Å². The zero-order chi connectivity index (χ0) is 15.5. The van der Waals surface area contributed by atoms with E-state index in [4.69, 9.17) is 10.5 Å². The molecule has 0 spiro atoms. The Morgan fingerprint density at radius 3 is 2.29 bits per heavy atom. The molecule has 0 atom stereocenters. The number of halogens is 3. The summed E-state index contributed by atoms with van der Waals surface area (Å²) in [6, 6.07) is 2.81. The lowest BCUT2D eigenvalue weighted by molar-refractivity contribution is -0.137. The molecule has 21 heavy (non-hydrogen) atoms. The summed E-state index contributed by atoms with van der Waals surface area (Å²) in [6.45, 7) is 0. The van der Waals surface area contributed by atoms with Gasteiger partial charge in [0.25, 0.3) is 0 Å². The van der Waals surface area contributed by atoms with Crippen molar-refractivity contribution >= 4 is 11.7 Å². The van der Waals surface area contributed by atoms with Crippen LogP contribution in [0.5, 0.6) is 0 Å². The SMILES string of the molecule is Nc1cc(C(=O)OC2CCCCCC2)cc(C(F)(F)F)c1. The molecule has 1 aliphatic carbocycles. The molecule has 0 radical (unpaired) electrons. The summed E-state index contributed by atoms with van der Waals surface area (Å²) >= 11 is 0. The van der Waals surface area contributed by atoms with Gasteiger partial charge in [-0.1, -0.05) is 12.8 Å². The Balaban J connectivity index is 2.13. The summed E-state index contributed by atoms with van der Waals surface area (Å²) in [4.78, 5) is 12.0. The number of nitrogens with two attached hydrogens (primary N) is 1. The van der Waals surface area contributed by atoms with Crippen LogP contribution in [0.2, 0.25) is 0 Å². The first-order chi connectivity index (χ1) is 9.86. The molecule has 2 rings (SSSR count). The maximum absolute atomic E-state index is 12.7. The first-order valence-corrected chi connectivity index (χ1v) is 7.05. The molecule has 1 aromatic carbocycles. The van der Waals surface area contributed by atoms with E-state index in [-0.39, 0.29) is 17.4 Å². The van der Waals surface area contributed by atoms with Crippen molar-refractivity contribution in [3.63, 3.8) is 0 Å². The van der Waals surface area contributed by atoms with E-state index in [1.807, 2.05) is 0 Å². The van der Waals surface area contributed by atoms with Gasteiger partial charge in [0.05, 0.1) is 11.1 Å². The van der Waals surface area contributed by atoms with Crippen molar-refractivity contribution in [1.82, 2.24) is 0 Å². The molecule has 116 valence electrons. The fourth-order valence-corrected chi connectivity index (χ4v) is 2.51. The Bertz CT molecular complexity index is 506. The Hall–Kier alpha value is -1.72. The standard InChI is InChI=1S/C15H18F3NO2/c16-15(17,18)11-7-10(8-12(19)9-11)14(20)21-13-5-3-1-2-4-6-13/h7-9,13H,1-6,19H2. The molecule has 0 bridgehead atoms. The van der Waals surface area contributed by atoms with Crippen LogP contribution < -0.4 is 5.73 Å². The number of rotatable bonds is 2. The second-order valence-corrected chi connectivity index (χ2v) is 5.36. The van der Waals surface area contributed by atoms with Gasteiger partial charge in [0.1, 0.15) is 6.10 Å². The molecule has 0 amide bonds. The number of benzene rings is 1. The van der Waals surface area contributed by atoms with E-state index in [1.165, 1.54) is 6.07 Å². The normalized spacial score (nSPS) is 17.3. The van der Waals surface area contributed by atoms with E-state index in [0.29, 0.717) is 0 Å². The van der Waals surface area contributed by atoms with E-state index in [0.717, 1.165) is 50.7 Å². The number of nitrogen functional groups attached to an aromatic ring is 1. The van der Waals surface area contributed by atoms with E-state index >= 15 is 0 Å². The van der Waals surface area contributed by atoms with Gasteiger partial charge in [-0.3, -0.25) is 0 Å². The largest absolute Gasteiger partial charge is 0.459 e. The van der Waals surface area contributed by atoms with Crippen LogP contribution in [0.25, 0.3) is 0 Å². The summed E-state index contributed by atoms with van der Waals surface area (Å²) in [6.07, 6.45) is 0.934. The lowest BCUT2D eigenvalue weighted by atomic mass is 10.1. The van der Waals surface area contributed by atoms with Crippen molar-refractivity contribution in [1.29, 1.82) is 0 Å². The molecular weight excluding hydrogens is 283 g/mol. The van der Waals surface area contributed by atoms with Crippen LogP contribution in [0.1, 0.15) is 54.4 Å². The van der Waals surface area contributed by atoms with Crippen molar-refractivity contribution < 1.29 is 22.7 Å². The van der Waals surface area contributed by atoms with Gasteiger partial charge in [-0.15, -0.1) is 0 Å². The predicted octanol–water partition coefficient (Wildman–Crippen LogP) is 4.17. The van der Waals surface area contributed by atoms with E-state index < -0.39 is 17.7 Å². The smallest absolute Gasteiger partial charge is 0.416 e. The monoisotopic (exact) mass is 301 g/mol. The molecule has 1 aliphatic rings. The Morgan fingerprint density at radius 2 is 1.71 bits per heavy atom. The first-order valence-electron chi connectivity index (χ1n) is 7.05. The number of alkyl halides is 3. The van der Waals surface area contributed by atoms with Crippen molar-refractivity contribution in [3.8, 4) is 0 Å². The summed E-state index contributed by atoms with van der Waals surface area (Å²) in [7, 11) is 0. The highest BCUT2D eigenvalue weighted by Crippen LogP contribution is 2.31. The molecule has 0 saturated heterocycles. The first kappa shape index (κ1) is 15.7. The maximum Gasteiger partial charge on any atom is 0.416 e. The molecule has 1 fully saturated rings. The Labute approximate surface area is 121 Å². The quantitative estimate of drug-likeness (QED) is 0.507. The predicted molar refractivity (Wildman–Crippen MR) is 72.8 cm³/mol. The number of esters is 1. The third kappa shape index (κ3) is 4.37. The number of carbonyl (C=O) groups excluding carboxylic acids is 1. The van der Waals surface area contributed by atoms with Gasteiger partial charge in [-0.05, 0) is 43.9 Å². The third-order valence-corrected chi connectivity index (χ3v) is 3.59. The number of carbonyl (C=O) groups is 1. The summed E-state index contributed by atoms with van der Waals surface area (Å²) in [5.41, 5.74) is 4.26. The lowest BCUT2D eigenvalue weighted by Gasteiger charge is -2.16. The van der Waals surface area contributed by atoms with Gasteiger partial charge in [-0.25, -0.2) is 4.79 Å². The fraction of sp³-hybridized carbons (Fsp3) is 0.533. The summed E-state index contributed by atoms with van der Waals surface area (Å²) < 4.78 is 43.5. The summed E-state index contributed by atoms with van der Waals surface area (Å²) in [5, 5.41) is 0. The molecule has 1 aromatic rings. The topological polar surface area (TPSA) is 52.3 Å². The minimum Gasteiger partial charge on any atom is -0.459 e. The van der Waals surface area contributed by atoms with Crippen LogP contribution in [-0.4, -0.2) is 12.1 Å². The minimum absolute atomic E-state index is 0.0994. The highest BCUT2D eigenvalue weighted by molar-refractivity contribution is 5.90. The van der Waals surface area contributed by atoms with Crippen LogP contribution in [-0.2, 0) is 10.9 Å². The van der Waals surface area contributed by atoms with Crippen molar-refractivity contribution in [2.45, 2.75) is 50.8 Å². The number of anilines is 1. The number of hydrogen-bond donors (Lipinski definition) is 1. The fourth-order valence-electron chi connectivity index (χ4n) is 2.51. The van der Waals surface area contributed by atoms with E-state index in [2.05, 4.69) is 0 Å². The third-order valence-electron chi connectivity index (χ3n) is 3.59. The Kier molecular flexibility index (Phi) is 4.75. The molecule has 0 aromatic heterocycles. The lowest BCUT2D eigenvalue weighted by Crippen LogP contribution is -2.18. The van der Waals surface area contributed by atoms with Gasteiger partial charge in [0, 0.05) is 5.69 Å². The van der Waals surface area contributed by atoms with Gasteiger partial charge in [0.2, 0.25) is 0 Å². The zero-order valence-corrected chi connectivity index (χ0v) is 11.6. The Morgan fingerprint density at radius 1 is 1.10 bits per heavy atom. The van der Waals surface area contributed by atoms with Crippen LogP contribution in [0, 0.1) is 0 Å². The van der Waals surface area contributed by atoms with Crippen LogP contribution in [0.15, 0.2) is 18.2 Å². The molecule has 2 N–H and O–H groups in total. The zero-order valence-electron chi connectivity index (χ0n) is 11.6.